The standard InChI is InChI=1S/C9H7ClF3NO/c10-4-8(15)6-2-1-5(3-7(6)14)9(11,12)13/h1-3H,4,14H2. The van der Waals surface area contributed by atoms with Crippen molar-refractivity contribution < 1.29 is 18.0 Å². The first-order valence-electron chi connectivity index (χ1n) is 3.92. The van der Waals surface area contributed by atoms with Crippen LogP contribution in [0, 0.1) is 0 Å². The molecule has 0 unspecified atom stereocenters. The lowest BCUT2D eigenvalue weighted by Gasteiger charge is -2.09. The van der Waals surface area contributed by atoms with Crippen LogP contribution in [0.4, 0.5) is 18.9 Å². The van der Waals surface area contributed by atoms with Crippen LogP contribution in [0.15, 0.2) is 18.2 Å². The molecule has 0 aromatic heterocycles. The van der Waals surface area contributed by atoms with Crippen LogP contribution in [0.5, 0.6) is 0 Å². The van der Waals surface area contributed by atoms with Crippen molar-refractivity contribution in [3.05, 3.63) is 29.3 Å². The fourth-order valence-electron chi connectivity index (χ4n) is 1.06. The molecule has 0 bridgehead atoms. The van der Waals surface area contributed by atoms with Gasteiger partial charge < -0.3 is 5.73 Å². The van der Waals surface area contributed by atoms with Crippen LogP contribution in [-0.2, 0) is 6.18 Å². The summed E-state index contributed by atoms with van der Waals surface area (Å²) in [6.07, 6.45) is -4.46. The predicted octanol–water partition coefficient (Wildman–Crippen LogP) is 2.71. The highest BCUT2D eigenvalue weighted by Crippen LogP contribution is 2.31. The van der Waals surface area contributed by atoms with Gasteiger partial charge in [-0.05, 0) is 18.2 Å². The van der Waals surface area contributed by atoms with Crippen molar-refractivity contribution in [3.63, 3.8) is 0 Å². The quantitative estimate of drug-likeness (QED) is 0.488. The topological polar surface area (TPSA) is 43.1 Å². The second kappa shape index (κ2) is 4.10. The molecule has 0 aliphatic rings. The van der Waals surface area contributed by atoms with Gasteiger partial charge in [0.1, 0.15) is 0 Å². The molecule has 0 saturated carbocycles. The number of halogens is 4. The number of nitrogen functional groups attached to an aromatic ring is 1. The number of nitrogens with two attached hydrogens (primary N) is 1. The number of anilines is 1. The first kappa shape index (κ1) is 11.8. The number of benzene rings is 1. The maximum Gasteiger partial charge on any atom is 0.416 e. The van der Waals surface area contributed by atoms with Gasteiger partial charge >= 0.3 is 6.18 Å². The van der Waals surface area contributed by atoms with Crippen LogP contribution in [0.3, 0.4) is 0 Å². The van der Waals surface area contributed by atoms with Crippen molar-refractivity contribution in [2.24, 2.45) is 0 Å². The van der Waals surface area contributed by atoms with E-state index >= 15 is 0 Å². The van der Waals surface area contributed by atoms with Crippen molar-refractivity contribution in [1.29, 1.82) is 0 Å². The van der Waals surface area contributed by atoms with E-state index in [9.17, 15) is 18.0 Å². The van der Waals surface area contributed by atoms with Crippen LogP contribution < -0.4 is 5.73 Å². The molecule has 2 nitrogen and oxygen atoms in total. The molecule has 15 heavy (non-hydrogen) atoms. The Labute approximate surface area is 88.8 Å². The van der Waals surface area contributed by atoms with Gasteiger partial charge in [-0.2, -0.15) is 13.2 Å². The van der Waals surface area contributed by atoms with Gasteiger partial charge in [-0.25, -0.2) is 0 Å². The van der Waals surface area contributed by atoms with Gasteiger partial charge in [0.25, 0.3) is 0 Å². The lowest BCUT2D eigenvalue weighted by Crippen LogP contribution is -2.09. The number of alkyl halides is 4. The molecule has 1 rings (SSSR count). The molecule has 2 N–H and O–H groups in total. The summed E-state index contributed by atoms with van der Waals surface area (Å²) in [5, 5.41) is 0. The van der Waals surface area contributed by atoms with Gasteiger partial charge in [0, 0.05) is 11.3 Å². The van der Waals surface area contributed by atoms with E-state index < -0.39 is 17.5 Å². The van der Waals surface area contributed by atoms with Crippen LogP contribution in [0.1, 0.15) is 15.9 Å². The van der Waals surface area contributed by atoms with E-state index in [0.29, 0.717) is 0 Å². The molecular formula is C9H7ClF3NO. The monoisotopic (exact) mass is 237 g/mol. The van der Waals surface area contributed by atoms with Gasteiger partial charge in [-0.15, -0.1) is 11.6 Å². The number of ketones is 1. The Morgan fingerprint density at radius 1 is 1.40 bits per heavy atom. The number of hydrogen-bond donors (Lipinski definition) is 1. The number of rotatable bonds is 2. The molecule has 0 atom stereocenters. The third kappa shape index (κ3) is 2.62. The number of hydrogen-bond acceptors (Lipinski definition) is 2. The zero-order chi connectivity index (χ0) is 11.6. The summed E-state index contributed by atoms with van der Waals surface area (Å²) in [7, 11) is 0. The zero-order valence-electron chi connectivity index (χ0n) is 7.44. The van der Waals surface area contributed by atoms with Crippen molar-refractivity contribution in [2.75, 3.05) is 11.6 Å². The molecule has 0 fully saturated rings. The second-order valence-electron chi connectivity index (χ2n) is 2.86. The maximum atomic E-state index is 12.2. The minimum absolute atomic E-state index is 0.0120. The SMILES string of the molecule is Nc1cc(C(F)(F)F)ccc1C(=O)CCl. The average molecular weight is 238 g/mol. The van der Waals surface area contributed by atoms with E-state index in [1.165, 1.54) is 0 Å². The molecule has 0 spiro atoms. The van der Waals surface area contributed by atoms with E-state index in [1.54, 1.807) is 0 Å². The van der Waals surface area contributed by atoms with Crippen molar-refractivity contribution in [1.82, 2.24) is 0 Å². The van der Waals surface area contributed by atoms with Gasteiger partial charge in [0.05, 0.1) is 11.4 Å². The van der Waals surface area contributed by atoms with E-state index in [2.05, 4.69) is 0 Å². The normalized spacial score (nSPS) is 11.5. The van der Waals surface area contributed by atoms with Crippen LogP contribution in [-0.4, -0.2) is 11.7 Å². The molecule has 0 heterocycles. The van der Waals surface area contributed by atoms with Crippen LogP contribution in [0.2, 0.25) is 0 Å². The maximum absolute atomic E-state index is 12.2. The smallest absolute Gasteiger partial charge is 0.398 e. The van der Waals surface area contributed by atoms with E-state index in [-0.39, 0.29) is 17.1 Å². The van der Waals surface area contributed by atoms with Crippen LogP contribution >= 0.6 is 11.6 Å². The lowest BCUT2D eigenvalue weighted by molar-refractivity contribution is -0.137. The third-order valence-corrected chi connectivity index (χ3v) is 2.04. The Hall–Kier alpha value is -1.23. The fourth-order valence-corrected chi connectivity index (χ4v) is 1.21. The van der Waals surface area contributed by atoms with Gasteiger partial charge in [0.15, 0.2) is 5.78 Å². The first-order chi connectivity index (χ1) is 6.86. The fraction of sp³-hybridized carbons (Fsp3) is 0.222. The summed E-state index contributed by atoms with van der Waals surface area (Å²) < 4.78 is 36.6. The highest BCUT2D eigenvalue weighted by Gasteiger charge is 2.31. The van der Waals surface area contributed by atoms with Crippen LogP contribution in [0.25, 0.3) is 0 Å². The Kier molecular flexibility index (Phi) is 3.24. The second-order valence-corrected chi connectivity index (χ2v) is 3.12. The average Bonchev–Trinajstić information content (AvgIpc) is 2.15. The molecular weight excluding hydrogens is 231 g/mol. The summed E-state index contributed by atoms with van der Waals surface area (Å²) in [6, 6.07) is 2.55. The third-order valence-electron chi connectivity index (χ3n) is 1.80. The summed E-state index contributed by atoms with van der Waals surface area (Å²) in [6.45, 7) is 0. The highest BCUT2D eigenvalue weighted by molar-refractivity contribution is 6.31. The van der Waals surface area contributed by atoms with E-state index in [4.69, 9.17) is 17.3 Å². The van der Waals surface area contributed by atoms with E-state index in [0.717, 1.165) is 18.2 Å². The van der Waals surface area contributed by atoms with Gasteiger partial charge in [-0.1, -0.05) is 0 Å². The molecule has 1 aromatic rings. The van der Waals surface area contributed by atoms with Crippen molar-refractivity contribution >= 4 is 23.1 Å². The molecule has 0 radical (unpaired) electrons. The highest BCUT2D eigenvalue weighted by atomic mass is 35.5. The minimum atomic E-state index is -4.46. The number of carbonyl (C=O) groups is 1. The summed E-state index contributed by atoms with van der Waals surface area (Å²) >= 11 is 5.26. The summed E-state index contributed by atoms with van der Waals surface area (Å²) in [5.41, 5.74) is 4.23. The van der Waals surface area contributed by atoms with Crippen molar-refractivity contribution in [2.45, 2.75) is 6.18 Å². The summed E-state index contributed by atoms with van der Waals surface area (Å²) in [4.78, 5) is 11.1. The zero-order valence-corrected chi connectivity index (χ0v) is 8.19. The summed E-state index contributed by atoms with van der Waals surface area (Å²) in [5.74, 6) is -0.807. The Morgan fingerprint density at radius 2 is 2.00 bits per heavy atom. The van der Waals surface area contributed by atoms with Crippen molar-refractivity contribution in [3.8, 4) is 0 Å². The minimum Gasteiger partial charge on any atom is -0.398 e. The molecule has 0 amide bonds. The Morgan fingerprint density at radius 3 is 2.40 bits per heavy atom. The largest absolute Gasteiger partial charge is 0.416 e. The molecule has 1 aromatic carbocycles. The van der Waals surface area contributed by atoms with Gasteiger partial charge in [0.2, 0.25) is 0 Å². The predicted molar refractivity (Wildman–Crippen MR) is 50.9 cm³/mol. The Bertz CT molecular complexity index is 389. The molecule has 0 saturated heterocycles. The first-order valence-corrected chi connectivity index (χ1v) is 4.45. The van der Waals surface area contributed by atoms with E-state index in [1.807, 2.05) is 0 Å². The molecule has 6 heteroatoms. The number of carbonyl (C=O) groups excluding carboxylic acids is 1. The lowest BCUT2D eigenvalue weighted by atomic mass is 10.1. The molecule has 0 aliphatic heterocycles. The molecule has 82 valence electrons. The van der Waals surface area contributed by atoms with Gasteiger partial charge in [-0.3, -0.25) is 4.79 Å². The Balaban J connectivity index is 3.15. The molecule has 0 aliphatic carbocycles. The number of Topliss-reactive ketones (excluding diaryl/α,β-unsaturated/α-hetero) is 1.